The van der Waals surface area contributed by atoms with Gasteiger partial charge in [0.15, 0.2) is 0 Å². The zero-order valence-corrected chi connectivity index (χ0v) is 17.5. The highest BCUT2D eigenvalue weighted by Gasteiger charge is 2.39. The van der Waals surface area contributed by atoms with E-state index in [0.717, 1.165) is 4.90 Å². The molecule has 0 spiro atoms. The summed E-state index contributed by atoms with van der Waals surface area (Å²) in [6, 6.07) is -4.89. The second-order valence-electron chi connectivity index (χ2n) is 7.04. The number of carboxylic acids is 2. The van der Waals surface area contributed by atoms with E-state index in [9.17, 15) is 33.9 Å². The summed E-state index contributed by atoms with van der Waals surface area (Å²) in [6.45, 7) is 0.132. The van der Waals surface area contributed by atoms with Gasteiger partial charge in [0.1, 0.15) is 18.1 Å². The molecule has 14 heteroatoms. The first kappa shape index (κ1) is 26.2. The van der Waals surface area contributed by atoms with Gasteiger partial charge in [-0.1, -0.05) is 0 Å². The molecule has 0 saturated carbocycles. The molecule has 1 heterocycles. The largest absolute Gasteiger partial charge is 0.481 e. The molecule has 1 aliphatic rings. The monoisotopic (exact) mass is 461 g/mol. The second kappa shape index (κ2) is 12.1. The van der Waals surface area contributed by atoms with E-state index >= 15 is 0 Å². The van der Waals surface area contributed by atoms with E-state index in [1.54, 1.807) is 0 Å². The van der Waals surface area contributed by atoms with Crippen molar-refractivity contribution < 1.29 is 39.0 Å². The van der Waals surface area contributed by atoms with Crippen molar-refractivity contribution in [3.8, 4) is 0 Å². The Morgan fingerprint density at radius 3 is 2.26 bits per heavy atom. The first-order valence-corrected chi connectivity index (χ1v) is 10.1. The van der Waals surface area contributed by atoms with Crippen LogP contribution in [0.4, 0.5) is 0 Å². The highest BCUT2D eigenvalue weighted by atomic mass is 32.1. The van der Waals surface area contributed by atoms with E-state index in [0.29, 0.717) is 6.42 Å². The number of likely N-dealkylation sites (tertiary alicyclic amines) is 1. The summed E-state index contributed by atoms with van der Waals surface area (Å²) in [5.41, 5.74) is 10.7. The van der Waals surface area contributed by atoms with Crippen LogP contribution in [-0.2, 0) is 28.8 Å². The molecular formula is C17H27N5O8S. The fourth-order valence-corrected chi connectivity index (χ4v) is 3.23. The van der Waals surface area contributed by atoms with E-state index in [2.05, 4.69) is 23.3 Å². The summed E-state index contributed by atoms with van der Waals surface area (Å²) in [4.78, 5) is 72.1. The Hall–Kier alpha value is -2.87. The Balaban J connectivity index is 2.94. The molecule has 4 unspecified atom stereocenters. The molecule has 1 saturated heterocycles. The van der Waals surface area contributed by atoms with Crippen molar-refractivity contribution in [3.05, 3.63) is 0 Å². The normalized spacial score (nSPS) is 18.5. The van der Waals surface area contributed by atoms with Gasteiger partial charge >= 0.3 is 11.9 Å². The summed E-state index contributed by atoms with van der Waals surface area (Å²) >= 11 is 3.90. The molecule has 174 valence electrons. The number of nitrogens with one attached hydrogen (secondary N) is 2. The zero-order valence-electron chi connectivity index (χ0n) is 16.7. The number of carboxylic acid groups (broad SMARTS) is 2. The predicted molar refractivity (Wildman–Crippen MR) is 109 cm³/mol. The number of carbonyl (C=O) groups excluding carboxylic acids is 4. The molecule has 1 fully saturated rings. The van der Waals surface area contributed by atoms with Gasteiger partial charge in [-0.15, -0.1) is 0 Å². The highest BCUT2D eigenvalue weighted by Crippen LogP contribution is 2.20. The van der Waals surface area contributed by atoms with Crippen molar-refractivity contribution >= 4 is 48.2 Å². The van der Waals surface area contributed by atoms with Crippen molar-refractivity contribution in [3.63, 3.8) is 0 Å². The van der Waals surface area contributed by atoms with Crippen LogP contribution in [0.2, 0.25) is 0 Å². The Labute approximate surface area is 183 Å². The van der Waals surface area contributed by atoms with Gasteiger partial charge in [0.2, 0.25) is 23.6 Å². The van der Waals surface area contributed by atoms with E-state index in [1.807, 2.05) is 0 Å². The van der Waals surface area contributed by atoms with Crippen molar-refractivity contribution in [1.82, 2.24) is 15.5 Å². The number of hydrogen-bond donors (Lipinski definition) is 7. The van der Waals surface area contributed by atoms with Crippen molar-refractivity contribution in [1.29, 1.82) is 0 Å². The minimum absolute atomic E-state index is 0.00895. The molecular weight excluding hydrogens is 434 g/mol. The number of thiol groups is 1. The van der Waals surface area contributed by atoms with Crippen molar-refractivity contribution in [2.75, 3.05) is 12.3 Å². The number of amides is 4. The first-order chi connectivity index (χ1) is 14.5. The van der Waals surface area contributed by atoms with E-state index in [1.165, 1.54) is 0 Å². The minimum Gasteiger partial charge on any atom is -0.481 e. The third-order valence-electron chi connectivity index (χ3n) is 4.65. The average molecular weight is 461 g/mol. The molecule has 0 radical (unpaired) electrons. The lowest BCUT2D eigenvalue weighted by atomic mass is 10.1. The molecule has 0 aromatic heterocycles. The van der Waals surface area contributed by atoms with Crippen LogP contribution < -0.4 is 22.1 Å². The SMILES string of the molecule is NC(=O)CC(NC(=O)C(N)CS)C(=O)N1CCCC1C(=O)NC(CCC(=O)O)C(=O)O. The minimum atomic E-state index is -1.45. The first-order valence-electron chi connectivity index (χ1n) is 9.48. The summed E-state index contributed by atoms with van der Waals surface area (Å²) in [5.74, 6) is -5.75. The lowest BCUT2D eigenvalue weighted by Gasteiger charge is -2.29. The number of hydrogen-bond acceptors (Lipinski definition) is 8. The Morgan fingerprint density at radius 2 is 1.74 bits per heavy atom. The Bertz CT molecular complexity index is 733. The molecule has 4 atom stereocenters. The standard InChI is InChI=1S/C17H27N5O8S/c18-8(7-31)14(26)21-10(6-12(19)23)16(28)22-5-1-2-11(22)15(27)20-9(17(29)30)3-4-13(24)25/h8-11,31H,1-7,18H2,(H2,19,23)(H,20,27)(H,21,26)(H,24,25)(H,29,30). The quantitative estimate of drug-likeness (QED) is 0.147. The third kappa shape index (κ3) is 8.05. The number of aliphatic carboxylic acids is 2. The smallest absolute Gasteiger partial charge is 0.326 e. The number of carbonyl (C=O) groups is 6. The van der Waals surface area contributed by atoms with Crippen LogP contribution in [0.3, 0.4) is 0 Å². The van der Waals surface area contributed by atoms with Crippen LogP contribution >= 0.6 is 12.6 Å². The van der Waals surface area contributed by atoms with E-state index in [4.69, 9.17) is 16.6 Å². The van der Waals surface area contributed by atoms with Crippen molar-refractivity contribution in [2.24, 2.45) is 11.5 Å². The molecule has 13 nitrogen and oxygen atoms in total. The van der Waals surface area contributed by atoms with Gasteiger partial charge in [0.05, 0.1) is 12.5 Å². The second-order valence-corrected chi connectivity index (χ2v) is 7.41. The van der Waals surface area contributed by atoms with Gasteiger partial charge < -0.3 is 37.2 Å². The molecule has 1 rings (SSSR count). The van der Waals surface area contributed by atoms with Crippen molar-refractivity contribution in [2.45, 2.75) is 56.3 Å². The van der Waals surface area contributed by atoms with Gasteiger partial charge in [0.25, 0.3) is 0 Å². The van der Waals surface area contributed by atoms with Gasteiger partial charge in [-0.3, -0.25) is 24.0 Å². The molecule has 31 heavy (non-hydrogen) atoms. The average Bonchev–Trinajstić information content (AvgIpc) is 3.18. The Morgan fingerprint density at radius 1 is 1.10 bits per heavy atom. The van der Waals surface area contributed by atoms with Gasteiger partial charge in [-0.05, 0) is 19.3 Å². The van der Waals surface area contributed by atoms with Gasteiger partial charge in [-0.2, -0.15) is 12.6 Å². The molecule has 0 aromatic rings. The predicted octanol–water partition coefficient (Wildman–Crippen LogP) is -2.97. The number of nitrogens with zero attached hydrogens (tertiary/aromatic N) is 1. The maximum absolute atomic E-state index is 12.9. The molecule has 8 N–H and O–H groups in total. The van der Waals surface area contributed by atoms with Crippen LogP contribution in [0, 0.1) is 0 Å². The molecule has 0 bridgehead atoms. The molecule has 4 amide bonds. The van der Waals surface area contributed by atoms with Gasteiger partial charge in [0, 0.05) is 18.7 Å². The maximum Gasteiger partial charge on any atom is 0.326 e. The molecule has 1 aliphatic heterocycles. The lowest BCUT2D eigenvalue weighted by molar-refractivity contribution is -0.146. The maximum atomic E-state index is 12.9. The topological polar surface area (TPSA) is 222 Å². The van der Waals surface area contributed by atoms with Crippen LogP contribution in [0.25, 0.3) is 0 Å². The number of rotatable bonds is 12. The lowest BCUT2D eigenvalue weighted by Crippen LogP contribution is -2.57. The highest BCUT2D eigenvalue weighted by molar-refractivity contribution is 7.80. The van der Waals surface area contributed by atoms with Crippen LogP contribution in [-0.4, -0.2) is 87.1 Å². The van der Waals surface area contributed by atoms with Crippen LogP contribution in [0.5, 0.6) is 0 Å². The zero-order chi connectivity index (χ0) is 23.7. The van der Waals surface area contributed by atoms with E-state index in [-0.39, 0.29) is 25.1 Å². The third-order valence-corrected chi connectivity index (χ3v) is 5.05. The van der Waals surface area contributed by atoms with E-state index < -0.39 is 72.6 Å². The fourth-order valence-electron chi connectivity index (χ4n) is 3.06. The summed E-state index contributed by atoms with van der Waals surface area (Å²) in [7, 11) is 0. The Kier molecular flexibility index (Phi) is 10.2. The summed E-state index contributed by atoms with van der Waals surface area (Å²) in [5, 5.41) is 22.5. The van der Waals surface area contributed by atoms with Crippen LogP contribution in [0.15, 0.2) is 0 Å². The van der Waals surface area contributed by atoms with Gasteiger partial charge in [-0.25, -0.2) is 4.79 Å². The summed E-state index contributed by atoms with van der Waals surface area (Å²) < 4.78 is 0. The number of primary amides is 1. The fraction of sp³-hybridized carbons (Fsp3) is 0.647. The summed E-state index contributed by atoms with van der Waals surface area (Å²) in [6.07, 6.45) is -0.687. The van der Waals surface area contributed by atoms with Crippen LogP contribution in [0.1, 0.15) is 32.1 Å². The molecule has 0 aromatic carbocycles. The molecule has 0 aliphatic carbocycles. The number of nitrogens with two attached hydrogens (primary N) is 2.